The third-order valence-electron chi connectivity index (χ3n) is 3.39. The highest BCUT2D eigenvalue weighted by atomic mass is 16.1. The summed E-state index contributed by atoms with van der Waals surface area (Å²) < 4.78 is 2.10. The van der Waals surface area contributed by atoms with Crippen molar-refractivity contribution in [3.63, 3.8) is 0 Å². The Balaban J connectivity index is 2.17. The Hall–Kier alpha value is -2.14. The lowest BCUT2D eigenvalue weighted by molar-refractivity contribution is -0.119. The van der Waals surface area contributed by atoms with E-state index in [1.54, 1.807) is 0 Å². The minimum Gasteiger partial charge on any atom is -0.370 e. The van der Waals surface area contributed by atoms with E-state index >= 15 is 0 Å². The largest absolute Gasteiger partial charge is 0.370 e. The van der Waals surface area contributed by atoms with Crippen LogP contribution in [0, 0.1) is 6.92 Å². The maximum absolute atomic E-state index is 11.1. The zero-order chi connectivity index (χ0) is 15.5. The molecule has 0 fully saturated rings. The normalized spacial score (nSPS) is 11.6. The van der Waals surface area contributed by atoms with Crippen LogP contribution < -0.4 is 11.1 Å². The van der Waals surface area contributed by atoms with Gasteiger partial charge in [0.05, 0.1) is 11.9 Å². The van der Waals surface area contributed by atoms with E-state index in [9.17, 15) is 4.79 Å². The number of rotatable bonds is 6. The Morgan fingerprint density at radius 3 is 2.62 bits per heavy atom. The Kier molecular flexibility index (Phi) is 4.43. The van der Waals surface area contributed by atoms with Gasteiger partial charge in [-0.2, -0.15) is 0 Å². The van der Waals surface area contributed by atoms with Crippen molar-refractivity contribution >= 4 is 5.91 Å². The van der Waals surface area contributed by atoms with Crippen LogP contribution in [-0.2, 0) is 11.3 Å². The highest BCUT2D eigenvalue weighted by Gasteiger charge is 2.20. The van der Waals surface area contributed by atoms with Crippen molar-refractivity contribution in [3.8, 4) is 5.69 Å². The number of carbonyl (C=O) groups excluding carboxylic acids is 1. The number of nitrogens with zero attached hydrogens (tertiary/aromatic N) is 2. The number of amides is 1. The van der Waals surface area contributed by atoms with Crippen LogP contribution in [0.5, 0.6) is 0 Å². The topological polar surface area (TPSA) is 72.9 Å². The highest BCUT2D eigenvalue weighted by Crippen LogP contribution is 2.16. The zero-order valence-corrected chi connectivity index (χ0v) is 12.8. The maximum atomic E-state index is 11.1. The first-order chi connectivity index (χ1) is 9.89. The first-order valence-corrected chi connectivity index (χ1v) is 7.01. The van der Waals surface area contributed by atoms with Gasteiger partial charge in [-0.05, 0) is 32.9 Å². The first kappa shape index (κ1) is 15.3. The lowest BCUT2D eigenvalue weighted by atomic mass is 10.0. The summed E-state index contributed by atoms with van der Waals surface area (Å²) in [5, 5.41) is 3.37. The van der Waals surface area contributed by atoms with Gasteiger partial charge in [-0.1, -0.05) is 18.2 Å². The van der Waals surface area contributed by atoms with Crippen molar-refractivity contribution in [3.05, 3.63) is 48.0 Å². The van der Waals surface area contributed by atoms with Crippen LogP contribution in [0.2, 0.25) is 0 Å². The molecule has 0 radical (unpaired) electrons. The Labute approximate surface area is 125 Å². The minimum absolute atomic E-state index is 0.297. The summed E-state index contributed by atoms with van der Waals surface area (Å²) in [6, 6.07) is 10.1. The first-order valence-electron chi connectivity index (χ1n) is 7.01. The molecule has 0 unspecified atom stereocenters. The fourth-order valence-corrected chi connectivity index (χ4v) is 2.37. The van der Waals surface area contributed by atoms with Crippen LogP contribution in [0.4, 0.5) is 0 Å². The molecule has 0 saturated carbocycles. The molecule has 1 amide bonds. The molecule has 3 N–H and O–H groups in total. The van der Waals surface area contributed by atoms with E-state index < -0.39 is 0 Å². The van der Waals surface area contributed by atoms with Crippen LogP contribution >= 0.6 is 0 Å². The molecule has 2 rings (SSSR count). The summed E-state index contributed by atoms with van der Waals surface area (Å²) in [5.74, 6) is 0.631. The van der Waals surface area contributed by atoms with Crippen molar-refractivity contribution in [1.82, 2.24) is 14.9 Å². The number of nitrogens with two attached hydrogens (primary N) is 1. The van der Waals surface area contributed by atoms with E-state index in [1.807, 2.05) is 57.3 Å². The van der Waals surface area contributed by atoms with Crippen molar-refractivity contribution in [2.45, 2.75) is 39.3 Å². The summed E-state index contributed by atoms with van der Waals surface area (Å²) in [6.07, 6.45) is 2.15. The van der Waals surface area contributed by atoms with Crippen molar-refractivity contribution in [2.75, 3.05) is 0 Å². The fourth-order valence-electron chi connectivity index (χ4n) is 2.37. The number of imidazole rings is 1. The molecule has 1 heterocycles. The molecule has 0 aliphatic rings. The van der Waals surface area contributed by atoms with E-state index in [4.69, 9.17) is 5.73 Å². The highest BCUT2D eigenvalue weighted by molar-refractivity contribution is 5.75. The Morgan fingerprint density at radius 2 is 2.00 bits per heavy atom. The standard InChI is InChI=1S/C16H22N4O/c1-12-18-10-14(11-19-16(2,3)9-15(17)21)20(12)13-7-5-4-6-8-13/h4-8,10,19H,9,11H2,1-3H3,(H2,17,21). The molecule has 2 aromatic rings. The third kappa shape index (κ3) is 3.92. The van der Waals surface area contributed by atoms with Crippen LogP contribution in [0.3, 0.4) is 0 Å². The maximum Gasteiger partial charge on any atom is 0.219 e. The summed E-state index contributed by atoms with van der Waals surface area (Å²) in [5.41, 5.74) is 7.07. The van der Waals surface area contributed by atoms with Gasteiger partial charge in [0.15, 0.2) is 0 Å². The summed E-state index contributed by atoms with van der Waals surface area (Å²) in [7, 11) is 0. The monoisotopic (exact) mass is 286 g/mol. The Bertz CT molecular complexity index is 616. The molecule has 5 heteroatoms. The smallest absolute Gasteiger partial charge is 0.219 e. The van der Waals surface area contributed by atoms with E-state index in [1.165, 1.54) is 0 Å². The molecule has 0 bridgehead atoms. The fraction of sp³-hybridized carbons (Fsp3) is 0.375. The number of carbonyl (C=O) groups is 1. The minimum atomic E-state index is -0.342. The molecular formula is C16H22N4O. The van der Waals surface area contributed by atoms with E-state index in [2.05, 4.69) is 14.9 Å². The van der Waals surface area contributed by atoms with E-state index in [-0.39, 0.29) is 11.4 Å². The lowest BCUT2D eigenvalue weighted by Crippen LogP contribution is -2.42. The number of aryl methyl sites for hydroxylation is 1. The molecule has 0 spiro atoms. The van der Waals surface area contributed by atoms with Crippen molar-refractivity contribution in [1.29, 1.82) is 0 Å². The number of hydrogen-bond acceptors (Lipinski definition) is 3. The average molecular weight is 286 g/mol. The van der Waals surface area contributed by atoms with Gasteiger partial charge in [0, 0.05) is 24.2 Å². The molecule has 112 valence electrons. The van der Waals surface area contributed by atoms with Gasteiger partial charge in [-0.3, -0.25) is 9.36 Å². The van der Waals surface area contributed by atoms with E-state index in [0.29, 0.717) is 13.0 Å². The number of primary amides is 1. The summed E-state index contributed by atoms with van der Waals surface area (Å²) in [6.45, 7) is 6.53. The predicted octanol–water partition coefficient (Wildman–Crippen LogP) is 1.92. The quantitative estimate of drug-likeness (QED) is 0.852. The molecule has 21 heavy (non-hydrogen) atoms. The molecule has 1 aromatic heterocycles. The number of benzene rings is 1. The van der Waals surface area contributed by atoms with Gasteiger partial charge in [-0.15, -0.1) is 0 Å². The number of hydrogen-bond donors (Lipinski definition) is 2. The summed E-state index contributed by atoms with van der Waals surface area (Å²) in [4.78, 5) is 15.5. The van der Waals surface area contributed by atoms with Crippen LogP contribution in [0.1, 0.15) is 31.8 Å². The molecular weight excluding hydrogens is 264 g/mol. The van der Waals surface area contributed by atoms with Gasteiger partial charge in [0.1, 0.15) is 5.82 Å². The molecule has 0 saturated heterocycles. The van der Waals surface area contributed by atoms with Crippen LogP contribution in [-0.4, -0.2) is 21.0 Å². The zero-order valence-electron chi connectivity index (χ0n) is 12.8. The van der Waals surface area contributed by atoms with Gasteiger partial charge in [0.2, 0.25) is 5.91 Å². The number of nitrogens with one attached hydrogen (secondary N) is 1. The second kappa shape index (κ2) is 6.10. The second-order valence-corrected chi connectivity index (χ2v) is 5.85. The van der Waals surface area contributed by atoms with Gasteiger partial charge in [-0.25, -0.2) is 4.98 Å². The van der Waals surface area contributed by atoms with Gasteiger partial charge >= 0.3 is 0 Å². The molecule has 0 atom stereocenters. The lowest BCUT2D eigenvalue weighted by Gasteiger charge is -2.25. The average Bonchev–Trinajstić information content (AvgIpc) is 2.77. The number of aromatic nitrogens is 2. The molecule has 1 aromatic carbocycles. The molecule has 0 aliphatic heterocycles. The Morgan fingerprint density at radius 1 is 1.33 bits per heavy atom. The van der Waals surface area contributed by atoms with E-state index in [0.717, 1.165) is 17.2 Å². The van der Waals surface area contributed by atoms with Crippen molar-refractivity contribution in [2.24, 2.45) is 5.73 Å². The van der Waals surface area contributed by atoms with Crippen LogP contribution in [0.15, 0.2) is 36.5 Å². The van der Waals surface area contributed by atoms with Gasteiger partial charge < -0.3 is 11.1 Å². The third-order valence-corrected chi connectivity index (χ3v) is 3.39. The molecule has 5 nitrogen and oxygen atoms in total. The van der Waals surface area contributed by atoms with Crippen LogP contribution in [0.25, 0.3) is 5.69 Å². The molecule has 0 aliphatic carbocycles. The SMILES string of the molecule is Cc1ncc(CNC(C)(C)CC(N)=O)n1-c1ccccc1. The summed E-state index contributed by atoms with van der Waals surface area (Å²) >= 11 is 0. The van der Waals surface area contributed by atoms with Crippen molar-refractivity contribution < 1.29 is 4.79 Å². The number of para-hydroxylation sites is 1. The second-order valence-electron chi connectivity index (χ2n) is 5.85. The van der Waals surface area contributed by atoms with Gasteiger partial charge in [0.25, 0.3) is 0 Å². The predicted molar refractivity (Wildman–Crippen MR) is 83.0 cm³/mol.